The summed E-state index contributed by atoms with van der Waals surface area (Å²) in [6.07, 6.45) is 2.42. The lowest BCUT2D eigenvalue weighted by molar-refractivity contribution is -0.136. The summed E-state index contributed by atoms with van der Waals surface area (Å²) in [4.78, 5) is 18.5. The zero-order valence-electron chi connectivity index (χ0n) is 23.1. The van der Waals surface area contributed by atoms with Crippen molar-refractivity contribution in [2.24, 2.45) is 0 Å². The van der Waals surface area contributed by atoms with Gasteiger partial charge in [-0.25, -0.2) is 4.39 Å². The Labute approximate surface area is 236 Å². The number of ether oxygens (including phenoxy) is 1. The molecule has 1 unspecified atom stereocenters. The predicted octanol–water partition coefficient (Wildman–Crippen LogP) is 6.29. The number of carbonyl (C=O) groups excluding carboxylic acids is 1. The highest BCUT2D eigenvalue weighted by Crippen LogP contribution is 2.38. The van der Waals surface area contributed by atoms with E-state index in [9.17, 15) is 9.18 Å². The molecule has 1 amide bonds. The van der Waals surface area contributed by atoms with Crippen LogP contribution in [0, 0.1) is 12.7 Å². The Hall–Kier alpha value is -3.96. The van der Waals surface area contributed by atoms with Crippen molar-refractivity contribution in [1.29, 1.82) is 0 Å². The minimum absolute atomic E-state index is 0.00302. The lowest BCUT2D eigenvalue weighted by Crippen LogP contribution is -2.48. The van der Waals surface area contributed by atoms with E-state index in [4.69, 9.17) is 4.74 Å². The monoisotopic (exact) mass is 534 g/mol. The van der Waals surface area contributed by atoms with Crippen LogP contribution in [0.4, 0.5) is 4.39 Å². The fourth-order valence-corrected chi connectivity index (χ4v) is 6.48. The molecule has 1 heterocycles. The number of hydrogen-bond donors (Lipinski definition) is 0. The lowest BCUT2D eigenvalue weighted by atomic mass is 9.86. The number of rotatable bonds is 7. The molecule has 0 radical (unpaired) electrons. The largest absolute Gasteiger partial charge is 0.496 e. The molecule has 0 saturated heterocycles. The normalized spacial score (nSPS) is 16.8. The highest BCUT2D eigenvalue weighted by molar-refractivity contribution is 5.79. The molecule has 40 heavy (non-hydrogen) atoms. The summed E-state index contributed by atoms with van der Waals surface area (Å²) < 4.78 is 20.4. The van der Waals surface area contributed by atoms with Gasteiger partial charge in [0.25, 0.3) is 0 Å². The molecule has 0 bridgehead atoms. The summed E-state index contributed by atoms with van der Waals surface area (Å²) in [6, 6.07) is 29.9. The van der Waals surface area contributed by atoms with Crippen LogP contribution in [-0.2, 0) is 30.6 Å². The standard InChI is InChI=1S/C35H35FN2O2/c1-24-18-31-28(21-33(24)40-2)16-17-37(35(31)25-10-4-3-5-11-25)23-34(39)38(22-29-14-8-9-15-32(29)36)30-19-26-12-6-7-13-27(26)20-30/h3-15,18,21,30,35H,16-17,19-20,22-23H2,1-2H3. The number of hydrogen-bond acceptors (Lipinski definition) is 3. The van der Waals surface area contributed by atoms with Gasteiger partial charge in [-0.3, -0.25) is 9.69 Å². The van der Waals surface area contributed by atoms with E-state index in [-0.39, 0.29) is 36.9 Å². The van der Waals surface area contributed by atoms with Crippen LogP contribution in [0.15, 0.2) is 91.0 Å². The Bertz CT molecular complexity index is 1490. The number of halogens is 1. The maximum absolute atomic E-state index is 14.8. The Morgan fingerprint density at radius 1 is 0.925 bits per heavy atom. The third kappa shape index (κ3) is 5.14. The average molecular weight is 535 g/mol. The third-order valence-electron chi connectivity index (χ3n) is 8.53. The van der Waals surface area contributed by atoms with Gasteiger partial charge in [-0.15, -0.1) is 0 Å². The summed E-state index contributed by atoms with van der Waals surface area (Å²) in [6.45, 7) is 3.36. The predicted molar refractivity (Wildman–Crippen MR) is 156 cm³/mol. The van der Waals surface area contributed by atoms with Gasteiger partial charge < -0.3 is 9.64 Å². The minimum atomic E-state index is -0.269. The lowest BCUT2D eigenvalue weighted by Gasteiger charge is -2.39. The molecule has 1 aliphatic carbocycles. The van der Waals surface area contributed by atoms with Crippen molar-refractivity contribution in [3.05, 3.63) is 136 Å². The number of carbonyl (C=O) groups is 1. The smallest absolute Gasteiger partial charge is 0.237 e. The van der Waals surface area contributed by atoms with E-state index < -0.39 is 0 Å². The van der Waals surface area contributed by atoms with Crippen molar-refractivity contribution in [1.82, 2.24) is 9.80 Å². The van der Waals surface area contributed by atoms with Crippen molar-refractivity contribution >= 4 is 5.91 Å². The summed E-state index contributed by atoms with van der Waals surface area (Å²) in [5.74, 6) is 0.664. The molecule has 204 valence electrons. The highest BCUT2D eigenvalue weighted by atomic mass is 19.1. The molecule has 4 nitrogen and oxygen atoms in total. The van der Waals surface area contributed by atoms with Crippen LogP contribution in [0.3, 0.4) is 0 Å². The number of nitrogens with zero attached hydrogens (tertiary/aromatic N) is 2. The van der Waals surface area contributed by atoms with Gasteiger partial charge >= 0.3 is 0 Å². The minimum Gasteiger partial charge on any atom is -0.496 e. The Balaban J connectivity index is 1.33. The van der Waals surface area contributed by atoms with Crippen molar-refractivity contribution in [2.45, 2.75) is 44.8 Å². The molecule has 5 heteroatoms. The van der Waals surface area contributed by atoms with Crippen LogP contribution < -0.4 is 4.74 Å². The Morgan fingerprint density at radius 2 is 1.60 bits per heavy atom. The van der Waals surface area contributed by atoms with E-state index in [1.165, 1.54) is 28.3 Å². The zero-order valence-corrected chi connectivity index (χ0v) is 23.1. The molecule has 0 spiro atoms. The van der Waals surface area contributed by atoms with Gasteiger partial charge in [-0.1, -0.05) is 78.9 Å². The second-order valence-electron chi connectivity index (χ2n) is 11.0. The molecule has 4 aromatic rings. The third-order valence-corrected chi connectivity index (χ3v) is 8.53. The molecule has 2 aliphatic rings. The molecule has 0 saturated carbocycles. The molecule has 1 aliphatic heterocycles. The first-order chi connectivity index (χ1) is 19.5. The van der Waals surface area contributed by atoms with Crippen molar-refractivity contribution in [3.63, 3.8) is 0 Å². The van der Waals surface area contributed by atoms with Gasteiger partial charge in [-0.05, 0) is 71.7 Å². The van der Waals surface area contributed by atoms with Crippen molar-refractivity contribution in [2.75, 3.05) is 20.2 Å². The summed E-state index contributed by atoms with van der Waals surface area (Å²) in [5.41, 5.74) is 7.83. The summed E-state index contributed by atoms with van der Waals surface area (Å²) in [7, 11) is 1.71. The summed E-state index contributed by atoms with van der Waals surface area (Å²) in [5, 5.41) is 0. The SMILES string of the molecule is COc1cc2c(cc1C)C(c1ccccc1)N(CC(=O)N(Cc1ccccc1F)C1Cc3ccccc3C1)CC2. The van der Waals surface area contributed by atoms with E-state index in [1.54, 1.807) is 19.2 Å². The van der Waals surface area contributed by atoms with Crippen LogP contribution >= 0.6 is 0 Å². The van der Waals surface area contributed by atoms with Gasteiger partial charge in [-0.2, -0.15) is 0 Å². The Morgan fingerprint density at radius 3 is 2.30 bits per heavy atom. The number of aryl methyl sites for hydroxylation is 1. The van der Waals surface area contributed by atoms with Gasteiger partial charge in [0, 0.05) is 24.7 Å². The molecule has 6 rings (SSSR count). The Kier molecular flexibility index (Phi) is 7.40. The maximum atomic E-state index is 14.8. The van der Waals surface area contributed by atoms with E-state index in [0.29, 0.717) is 5.56 Å². The van der Waals surface area contributed by atoms with Crippen molar-refractivity contribution < 1.29 is 13.9 Å². The molecule has 0 N–H and O–H groups in total. The molecular formula is C35H35FN2O2. The van der Waals surface area contributed by atoms with Crippen LogP contribution in [0.5, 0.6) is 5.75 Å². The van der Waals surface area contributed by atoms with Gasteiger partial charge in [0.05, 0.1) is 19.7 Å². The van der Waals surface area contributed by atoms with Crippen LogP contribution in [-0.4, -0.2) is 41.9 Å². The highest BCUT2D eigenvalue weighted by Gasteiger charge is 2.35. The first-order valence-corrected chi connectivity index (χ1v) is 14.1. The van der Waals surface area contributed by atoms with Crippen molar-refractivity contribution in [3.8, 4) is 5.75 Å². The first kappa shape index (κ1) is 26.3. The van der Waals surface area contributed by atoms with Crippen LogP contribution in [0.25, 0.3) is 0 Å². The fraction of sp³-hybridized carbons (Fsp3) is 0.286. The summed E-state index contributed by atoms with van der Waals surface area (Å²) >= 11 is 0. The molecular weight excluding hydrogens is 499 g/mol. The molecule has 1 atom stereocenters. The quantitative estimate of drug-likeness (QED) is 0.280. The number of amides is 1. The molecule has 4 aromatic carbocycles. The second kappa shape index (κ2) is 11.3. The molecule has 0 aromatic heterocycles. The van der Waals surface area contributed by atoms with Crippen LogP contribution in [0.2, 0.25) is 0 Å². The second-order valence-corrected chi connectivity index (χ2v) is 11.0. The van der Waals surface area contributed by atoms with E-state index in [0.717, 1.165) is 42.7 Å². The maximum Gasteiger partial charge on any atom is 0.237 e. The van der Waals surface area contributed by atoms with E-state index in [2.05, 4.69) is 72.5 Å². The van der Waals surface area contributed by atoms with E-state index in [1.807, 2.05) is 17.0 Å². The van der Waals surface area contributed by atoms with Gasteiger partial charge in [0.2, 0.25) is 5.91 Å². The van der Waals surface area contributed by atoms with Gasteiger partial charge in [0.1, 0.15) is 11.6 Å². The number of fused-ring (bicyclic) bond motifs is 2. The first-order valence-electron chi connectivity index (χ1n) is 14.1. The van der Waals surface area contributed by atoms with E-state index >= 15 is 0 Å². The molecule has 0 fully saturated rings. The average Bonchev–Trinajstić information content (AvgIpc) is 3.40. The van der Waals surface area contributed by atoms with Gasteiger partial charge in [0.15, 0.2) is 0 Å². The zero-order chi connectivity index (χ0) is 27.6. The topological polar surface area (TPSA) is 32.8 Å². The number of benzene rings is 4. The number of methoxy groups -OCH3 is 1. The van der Waals surface area contributed by atoms with Crippen LogP contribution in [0.1, 0.15) is 45.0 Å². The fourth-order valence-electron chi connectivity index (χ4n) is 6.48.